The van der Waals surface area contributed by atoms with Gasteiger partial charge in [0.25, 0.3) is 5.56 Å². The summed E-state index contributed by atoms with van der Waals surface area (Å²) in [6.07, 6.45) is 4.01. The van der Waals surface area contributed by atoms with Gasteiger partial charge in [-0.2, -0.15) is 0 Å². The fraction of sp³-hybridized carbons (Fsp3) is 0.286. The number of H-pyrrole nitrogens is 1. The van der Waals surface area contributed by atoms with Crippen molar-refractivity contribution >= 4 is 56.8 Å². The Bertz CT molecular complexity index is 1240. The van der Waals surface area contributed by atoms with Crippen molar-refractivity contribution in [2.75, 3.05) is 5.32 Å². The van der Waals surface area contributed by atoms with E-state index in [1.165, 1.54) is 0 Å². The Labute approximate surface area is 177 Å². The number of hydrogen-bond donors (Lipinski definition) is 2. The van der Waals surface area contributed by atoms with Crippen molar-refractivity contribution in [1.82, 2.24) is 19.5 Å². The molecule has 0 radical (unpaired) electrons. The fourth-order valence-electron chi connectivity index (χ4n) is 3.48. The van der Waals surface area contributed by atoms with Gasteiger partial charge in [-0.15, -0.1) is 0 Å². The first-order chi connectivity index (χ1) is 14.0. The summed E-state index contributed by atoms with van der Waals surface area (Å²) >= 11 is 12.5. The summed E-state index contributed by atoms with van der Waals surface area (Å²) in [5.41, 5.74) is 2.48. The van der Waals surface area contributed by atoms with Crippen LogP contribution >= 0.6 is 23.2 Å². The number of anilines is 2. The maximum Gasteiger partial charge on any atom is 0.260 e. The summed E-state index contributed by atoms with van der Waals surface area (Å²) in [6, 6.07) is 9.00. The monoisotopic (exact) mass is 429 g/mol. The average molecular weight is 430 g/mol. The van der Waals surface area contributed by atoms with Gasteiger partial charge in [-0.1, -0.05) is 49.0 Å². The second-order valence-electron chi connectivity index (χ2n) is 7.01. The van der Waals surface area contributed by atoms with E-state index in [0.29, 0.717) is 43.6 Å². The maximum absolute atomic E-state index is 12.9. The minimum atomic E-state index is -0.155. The Balaban J connectivity index is 1.81. The lowest BCUT2D eigenvalue weighted by Crippen LogP contribution is -2.13. The number of rotatable bonds is 6. The van der Waals surface area contributed by atoms with Gasteiger partial charge >= 0.3 is 0 Å². The quantitative estimate of drug-likeness (QED) is 0.391. The third-order valence-electron chi connectivity index (χ3n) is 4.97. The zero-order valence-electron chi connectivity index (χ0n) is 16.2. The zero-order chi connectivity index (χ0) is 20.5. The van der Waals surface area contributed by atoms with Crippen molar-refractivity contribution in [3.8, 4) is 0 Å². The number of aromatic nitrogens is 4. The van der Waals surface area contributed by atoms with Crippen LogP contribution in [0.2, 0.25) is 10.0 Å². The number of aryl methyl sites for hydroxylation is 2. The van der Waals surface area contributed by atoms with Crippen LogP contribution in [-0.4, -0.2) is 19.5 Å². The first-order valence-corrected chi connectivity index (χ1v) is 10.3. The number of hydrogen-bond acceptors (Lipinski definition) is 4. The van der Waals surface area contributed by atoms with Gasteiger partial charge in [-0.3, -0.25) is 4.79 Å². The van der Waals surface area contributed by atoms with E-state index in [0.717, 1.165) is 31.5 Å². The van der Waals surface area contributed by atoms with Crippen LogP contribution in [-0.2, 0) is 13.5 Å². The summed E-state index contributed by atoms with van der Waals surface area (Å²) < 4.78 is 1.82. The number of benzene rings is 2. The molecule has 2 N–H and O–H groups in total. The Morgan fingerprint density at radius 3 is 2.52 bits per heavy atom. The van der Waals surface area contributed by atoms with Gasteiger partial charge in [0.15, 0.2) is 0 Å². The summed E-state index contributed by atoms with van der Waals surface area (Å²) in [7, 11) is 1.84. The molecule has 2 heterocycles. The molecule has 0 unspecified atom stereocenters. The van der Waals surface area contributed by atoms with Gasteiger partial charge < -0.3 is 14.9 Å². The fourth-order valence-corrected chi connectivity index (χ4v) is 3.97. The van der Waals surface area contributed by atoms with Crippen LogP contribution in [0, 0.1) is 0 Å². The first kappa shape index (κ1) is 19.7. The van der Waals surface area contributed by atoms with Gasteiger partial charge in [0.05, 0.1) is 37.7 Å². The van der Waals surface area contributed by atoms with Crippen LogP contribution in [0.3, 0.4) is 0 Å². The van der Waals surface area contributed by atoms with Gasteiger partial charge in [0, 0.05) is 13.5 Å². The molecule has 0 saturated heterocycles. The van der Waals surface area contributed by atoms with Crippen molar-refractivity contribution in [3.63, 3.8) is 0 Å². The van der Waals surface area contributed by atoms with E-state index in [1.54, 1.807) is 18.2 Å². The number of fused-ring (bicyclic) bond motifs is 3. The molecular weight excluding hydrogens is 409 g/mol. The molecule has 29 heavy (non-hydrogen) atoms. The Morgan fingerprint density at radius 1 is 1.07 bits per heavy atom. The van der Waals surface area contributed by atoms with Crippen molar-refractivity contribution in [1.29, 1.82) is 0 Å². The van der Waals surface area contributed by atoms with Crippen molar-refractivity contribution in [2.45, 2.75) is 32.6 Å². The third-order valence-corrected chi connectivity index (χ3v) is 5.60. The van der Waals surface area contributed by atoms with Crippen LogP contribution in [0.15, 0.2) is 35.1 Å². The van der Waals surface area contributed by atoms with Crippen molar-refractivity contribution < 1.29 is 0 Å². The summed E-state index contributed by atoms with van der Waals surface area (Å²) in [5, 5.41) is 4.69. The minimum Gasteiger partial charge on any atom is -0.323 e. The second-order valence-corrected chi connectivity index (χ2v) is 7.83. The van der Waals surface area contributed by atoms with E-state index in [4.69, 9.17) is 23.2 Å². The number of halogens is 2. The number of imidazole rings is 1. The molecule has 150 valence electrons. The van der Waals surface area contributed by atoms with E-state index in [9.17, 15) is 4.79 Å². The predicted molar refractivity (Wildman–Crippen MR) is 120 cm³/mol. The third kappa shape index (κ3) is 3.70. The predicted octanol–water partition coefficient (Wildman–Crippen LogP) is 5.59. The van der Waals surface area contributed by atoms with E-state index in [-0.39, 0.29) is 5.56 Å². The second kappa shape index (κ2) is 8.05. The highest BCUT2D eigenvalue weighted by Gasteiger charge is 2.16. The van der Waals surface area contributed by atoms with Crippen LogP contribution < -0.4 is 10.9 Å². The van der Waals surface area contributed by atoms with Gasteiger partial charge in [0.2, 0.25) is 5.95 Å². The van der Waals surface area contributed by atoms with E-state index in [2.05, 4.69) is 27.2 Å². The molecule has 2 aromatic heterocycles. The minimum absolute atomic E-state index is 0.155. The summed E-state index contributed by atoms with van der Waals surface area (Å²) in [5.74, 6) is 1.26. The normalized spacial score (nSPS) is 11.4. The van der Waals surface area contributed by atoms with E-state index >= 15 is 0 Å². The lowest BCUT2D eigenvalue weighted by atomic mass is 10.1. The van der Waals surface area contributed by atoms with Crippen molar-refractivity contribution in [2.24, 2.45) is 7.05 Å². The summed E-state index contributed by atoms with van der Waals surface area (Å²) in [6.45, 7) is 2.15. The SMILES string of the molecule is CCCCCc1nc2ccc3nc(Nc4c(Cl)cccc4Cl)n(C)c3c2c(=O)[nH]1. The molecule has 0 fully saturated rings. The molecule has 4 aromatic rings. The van der Waals surface area contributed by atoms with Gasteiger partial charge in [-0.05, 0) is 30.7 Å². The van der Waals surface area contributed by atoms with Crippen LogP contribution in [0.5, 0.6) is 0 Å². The smallest absolute Gasteiger partial charge is 0.260 e. The molecule has 0 saturated carbocycles. The molecule has 2 aromatic carbocycles. The highest BCUT2D eigenvalue weighted by molar-refractivity contribution is 6.39. The molecule has 0 aliphatic carbocycles. The zero-order valence-corrected chi connectivity index (χ0v) is 17.7. The largest absolute Gasteiger partial charge is 0.323 e. The Hall–Kier alpha value is -2.57. The van der Waals surface area contributed by atoms with Gasteiger partial charge in [0.1, 0.15) is 5.82 Å². The number of nitrogens with zero attached hydrogens (tertiary/aromatic N) is 3. The highest BCUT2D eigenvalue weighted by atomic mass is 35.5. The highest BCUT2D eigenvalue weighted by Crippen LogP contribution is 2.33. The van der Waals surface area contributed by atoms with E-state index in [1.807, 2.05) is 23.7 Å². The molecule has 0 amide bonds. The van der Waals surface area contributed by atoms with Crippen LogP contribution in [0.25, 0.3) is 21.9 Å². The van der Waals surface area contributed by atoms with E-state index < -0.39 is 0 Å². The number of para-hydroxylation sites is 1. The molecule has 8 heteroatoms. The Morgan fingerprint density at radius 2 is 1.79 bits per heavy atom. The molecule has 0 spiro atoms. The molecular formula is C21H21Cl2N5O. The first-order valence-electron chi connectivity index (χ1n) is 9.59. The van der Waals surface area contributed by atoms with Gasteiger partial charge in [-0.25, -0.2) is 9.97 Å². The molecule has 0 atom stereocenters. The molecule has 4 rings (SSSR count). The number of nitrogens with one attached hydrogen (secondary N) is 2. The lowest BCUT2D eigenvalue weighted by molar-refractivity contribution is 0.694. The number of aromatic amines is 1. The van der Waals surface area contributed by atoms with Crippen LogP contribution in [0.4, 0.5) is 11.6 Å². The molecule has 0 aliphatic heterocycles. The maximum atomic E-state index is 12.9. The lowest BCUT2D eigenvalue weighted by Gasteiger charge is -2.10. The Kier molecular flexibility index (Phi) is 5.48. The van der Waals surface area contributed by atoms with Crippen molar-refractivity contribution in [3.05, 3.63) is 56.6 Å². The standard InChI is InChI=1S/C21H21Cl2N5O/c1-3-4-5-9-16-24-14-10-11-15-19(17(14)20(29)26-16)28(2)21(25-15)27-18-12(22)7-6-8-13(18)23/h6-8,10-11H,3-5,9H2,1-2H3,(H,25,27)(H,24,26,29). The molecule has 0 aliphatic rings. The number of unbranched alkanes of at least 4 members (excludes halogenated alkanes) is 2. The van der Waals surface area contributed by atoms with Crippen LogP contribution in [0.1, 0.15) is 32.0 Å². The summed E-state index contributed by atoms with van der Waals surface area (Å²) in [4.78, 5) is 25.1. The topological polar surface area (TPSA) is 75.6 Å². The molecule has 6 nitrogen and oxygen atoms in total. The molecule has 0 bridgehead atoms. The average Bonchev–Trinajstić information content (AvgIpc) is 3.01.